The first kappa shape index (κ1) is 18.3. The van der Waals surface area contributed by atoms with Gasteiger partial charge in [-0.3, -0.25) is 0 Å². The Kier molecular flexibility index (Phi) is 5.23. The zero-order valence-electron chi connectivity index (χ0n) is 15.9. The second kappa shape index (κ2) is 7.41. The molecule has 4 rings (SSSR count). The van der Waals surface area contributed by atoms with E-state index >= 15 is 0 Å². The maximum atomic E-state index is 5.89. The number of benzene rings is 4. The fourth-order valence-electron chi connectivity index (χ4n) is 3.39. The highest BCUT2D eigenvalue weighted by atomic mass is 14.0. The summed E-state index contributed by atoms with van der Waals surface area (Å²) < 4.78 is 0. The van der Waals surface area contributed by atoms with Crippen LogP contribution in [-0.4, -0.2) is 15.7 Å². The van der Waals surface area contributed by atoms with Crippen molar-refractivity contribution in [3.8, 4) is 0 Å². The summed E-state index contributed by atoms with van der Waals surface area (Å²) in [6.07, 6.45) is 0. The smallest absolute Gasteiger partial charge is 0.0960 e. The molecule has 0 nitrogen and oxygen atoms in total. The van der Waals surface area contributed by atoms with Gasteiger partial charge in [-0.1, -0.05) is 77.2 Å². The molecule has 0 aromatic heterocycles. The monoisotopic (exact) mass is 332 g/mol. The normalized spacial score (nSPS) is 10.6. The summed E-state index contributed by atoms with van der Waals surface area (Å²) in [4.78, 5) is 0. The minimum atomic E-state index is 0.834. The summed E-state index contributed by atoms with van der Waals surface area (Å²) in [5.41, 5.74) is 6.74. The van der Waals surface area contributed by atoms with Crippen molar-refractivity contribution in [3.63, 3.8) is 0 Å². The van der Waals surface area contributed by atoms with E-state index in [2.05, 4.69) is 64.1 Å². The van der Waals surface area contributed by atoms with Gasteiger partial charge in [0.2, 0.25) is 0 Å². The van der Waals surface area contributed by atoms with E-state index < -0.39 is 0 Å². The molecule has 0 aliphatic carbocycles. The number of hydrogen-bond acceptors (Lipinski definition) is 0. The molecule has 4 aromatic carbocycles. The lowest BCUT2D eigenvalue weighted by atomic mass is 9.86. The Hall–Kier alpha value is -2.47. The quantitative estimate of drug-likeness (QED) is 0.416. The van der Waals surface area contributed by atoms with Crippen LogP contribution < -0.4 is 10.9 Å². The Labute approximate surface area is 159 Å². The first-order chi connectivity index (χ1) is 12.4. The van der Waals surface area contributed by atoms with Crippen molar-refractivity contribution in [2.75, 3.05) is 0 Å². The Morgan fingerprint density at radius 1 is 0.538 bits per heavy atom. The number of aryl methyl sites for hydroxylation is 4. The number of fused-ring (bicyclic) bond motifs is 2. The molecule has 4 aromatic rings. The fraction of sp³-hybridized carbons (Fsp3) is 0.167. The van der Waals surface area contributed by atoms with E-state index in [1.54, 1.807) is 0 Å². The maximum absolute atomic E-state index is 5.89. The highest BCUT2D eigenvalue weighted by Gasteiger charge is 2.02. The van der Waals surface area contributed by atoms with Crippen LogP contribution in [-0.2, 0) is 0 Å². The summed E-state index contributed by atoms with van der Waals surface area (Å²) in [6, 6.07) is 20.8. The molecule has 0 N–H and O–H groups in total. The summed E-state index contributed by atoms with van der Waals surface area (Å²) in [7, 11) is 11.6. The lowest BCUT2D eigenvalue weighted by Gasteiger charge is -2.08. The molecule has 0 heterocycles. The third-order valence-corrected chi connectivity index (χ3v) is 5.04. The van der Waals surface area contributed by atoms with Crippen LogP contribution in [0.4, 0.5) is 0 Å². The average molecular weight is 332 g/mol. The van der Waals surface area contributed by atoms with E-state index in [0.29, 0.717) is 0 Å². The zero-order valence-corrected chi connectivity index (χ0v) is 15.9. The number of rotatable bonds is 0. The van der Waals surface area contributed by atoms with Crippen molar-refractivity contribution in [3.05, 3.63) is 82.9 Å². The Balaban J connectivity index is 0.000000151. The SMILES string of the molecule is [B]c1cc(C)c2ccccc2c1C.[B]c1ccc2c(C)ccc(C)c2c1. The predicted molar refractivity (Wildman–Crippen MR) is 118 cm³/mol. The second-order valence-electron chi connectivity index (χ2n) is 6.96. The van der Waals surface area contributed by atoms with Crippen molar-refractivity contribution in [2.24, 2.45) is 0 Å². The minimum absolute atomic E-state index is 0.834. The van der Waals surface area contributed by atoms with E-state index in [4.69, 9.17) is 15.7 Å². The first-order valence-electron chi connectivity index (χ1n) is 8.88. The van der Waals surface area contributed by atoms with Gasteiger partial charge in [0.1, 0.15) is 15.7 Å². The lowest BCUT2D eigenvalue weighted by Crippen LogP contribution is -2.08. The molecule has 4 radical (unpaired) electrons. The molecule has 26 heavy (non-hydrogen) atoms. The Morgan fingerprint density at radius 3 is 1.81 bits per heavy atom. The van der Waals surface area contributed by atoms with E-state index in [1.165, 1.54) is 43.8 Å². The molecule has 0 aliphatic rings. The molecule has 0 saturated carbocycles. The third kappa shape index (κ3) is 3.55. The summed E-state index contributed by atoms with van der Waals surface area (Å²) in [6.45, 7) is 8.40. The van der Waals surface area contributed by atoms with Gasteiger partial charge < -0.3 is 0 Å². The molecule has 0 aliphatic heterocycles. The van der Waals surface area contributed by atoms with Crippen molar-refractivity contribution < 1.29 is 0 Å². The molecule has 0 amide bonds. The molecule has 0 spiro atoms. The second-order valence-corrected chi connectivity index (χ2v) is 6.96. The van der Waals surface area contributed by atoms with Gasteiger partial charge in [-0.25, -0.2) is 0 Å². The topological polar surface area (TPSA) is 0 Å². The molecular weight excluding hydrogens is 310 g/mol. The van der Waals surface area contributed by atoms with Gasteiger partial charge in [0, 0.05) is 0 Å². The van der Waals surface area contributed by atoms with Gasteiger partial charge in [0.15, 0.2) is 0 Å². The van der Waals surface area contributed by atoms with E-state index in [-0.39, 0.29) is 0 Å². The van der Waals surface area contributed by atoms with Crippen LogP contribution in [0.1, 0.15) is 22.3 Å². The number of hydrogen-bond donors (Lipinski definition) is 0. The minimum Gasteiger partial charge on any atom is -0.0960 e. The first-order valence-corrected chi connectivity index (χ1v) is 8.88. The van der Waals surface area contributed by atoms with E-state index in [1.807, 2.05) is 24.3 Å². The van der Waals surface area contributed by atoms with Crippen LogP contribution in [0.2, 0.25) is 0 Å². The molecule has 0 unspecified atom stereocenters. The van der Waals surface area contributed by atoms with Crippen molar-refractivity contribution in [2.45, 2.75) is 27.7 Å². The Morgan fingerprint density at radius 2 is 1.12 bits per heavy atom. The maximum Gasteiger partial charge on any atom is 0.114 e. The molecule has 0 bridgehead atoms. The highest BCUT2D eigenvalue weighted by molar-refractivity contribution is 6.34. The van der Waals surface area contributed by atoms with Gasteiger partial charge in [0.25, 0.3) is 0 Å². The molecule has 0 fully saturated rings. The predicted octanol–water partition coefficient (Wildman–Crippen LogP) is 4.50. The van der Waals surface area contributed by atoms with Crippen LogP contribution in [0, 0.1) is 27.7 Å². The third-order valence-electron chi connectivity index (χ3n) is 5.04. The standard InChI is InChI=1S/2C12H11B/c1-8-3-4-9(2)12-7-10(13)5-6-11(8)12;1-8-7-12(13)9(2)11-6-4-3-5-10(8)11/h2*3-7H,1-2H3. The van der Waals surface area contributed by atoms with Gasteiger partial charge in [-0.15, -0.1) is 0 Å². The van der Waals surface area contributed by atoms with Gasteiger partial charge >= 0.3 is 0 Å². The van der Waals surface area contributed by atoms with Crippen molar-refractivity contribution in [1.29, 1.82) is 0 Å². The molecule has 2 heteroatoms. The summed E-state index contributed by atoms with van der Waals surface area (Å²) in [5, 5.41) is 5.13. The van der Waals surface area contributed by atoms with Crippen molar-refractivity contribution in [1.82, 2.24) is 0 Å². The Bertz CT molecular complexity index is 1090. The van der Waals surface area contributed by atoms with Crippen LogP contribution in [0.25, 0.3) is 21.5 Å². The van der Waals surface area contributed by atoms with Gasteiger partial charge in [-0.05, 0) is 65.9 Å². The van der Waals surface area contributed by atoms with Crippen LogP contribution in [0.15, 0.2) is 60.7 Å². The van der Waals surface area contributed by atoms with E-state index in [0.717, 1.165) is 10.9 Å². The summed E-state index contributed by atoms with van der Waals surface area (Å²) in [5.74, 6) is 0. The molecule has 124 valence electrons. The lowest BCUT2D eigenvalue weighted by molar-refractivity contribution is 1.46. The van der Waals surface area contributed by atoms with Gasteiger partial charge in [0.05, 0.1) is 0 Å². The fourth-order valence-corrected chi connectivity index (χ4v) is 3.39. The molecule has 0 saturated heterocycles. The average Bonchev–Trinajstić information content (AvgIpc) is 2.64. The summed E-state index contributed by atoms with van der Waals surface area (Å²) >= 11 is 0. The zero-order chi connectivity index (χ0) is 18.8. The largest absolute Gasteiger partial charge is 0.114 e. The van der Waals surface area contributed by atoms with Crippen LogP contribution >= 0.6 is 0 Å². The van der Waals surface area contributed by atoms with Crippen LogP contribution in [0.3, 0.4) is 0 Å². The van der Waals surface area contributed by atoms with Crippen molar-refractivity contribution >= 4 is 48.2 Å². The van der Waals surface area contributed by atoms with E-state index in [9.17, 15) is 0 Å². The van der Waals surface area contributed by atoms with Crippen LogP contribution in [0.5, 0.6) is 0 Å². The highest BCUT2D eigenvalue weighted by Crippen LogP contribution is 2.21. The van der Waals surface area contributed by atoms with Gasteiger partial charge in [-0.2, -0.15) is 0 Å². The molecular formula is C24H22B2. The molecule has 0 atom stereocenters.